The van der Waals surface area contributed by atoms with Crippen molar-refractivity contribution < 1.29 is 22.7 Å². The smallest absolute Gasteiger partial charge is 0.419 e. The van der Waals surface area contributed by atoms with E-state index in [9.17, 15) is 18.0 Å². The zero-order chi connectivity index (χ0) is 20.5. The van der Waals surface area contributed by atoms with E-state index in [1.54, 1.807) is 13.8 Å². The fourth-order valence-electron chi connectivity index (χ4n) is 3.51. The number of alkyl halides is 3. The summed E-state index contributed by atoms with van der Waals surface area (Å²) in [5.74, 6) is -0.968. The highest BCUT2D eigenvalue weighted by atomic mass is 19.4. The lowest BCUT2D eigenvalue weighted by Gasteiger charge is -2.20. The summed E-state index contributed by atoms with van der Waals surface area (Å²) in [6, 6.07) is 13.2. The maximum absolute atomic E-state index is 13.5. The van der Waals surface area contributed by atoms with Crippen LogP contribution in [0.5, 0.6) is 5.75 Å². The summed E-state index contributed by atoms with van der Waals surface area (Å²) in [5, 5.41) is 0. The molecule has 0 saturated carbocycles. The number of allylic oxidation sites excluding steroid dienone is 2. The highest BCUT2D eigenvalue weighted by Gasteiger charge is 2.39. The average Bonchev–Trinajstić information content (AvgIpc) is 2.88. The van der Waals surface area contributed by atoms with Gasteiger partial charge in [0.05, 0.1) is 11.7 Å². The molecule has 6 heteroatoms. The Kier molecular flexibility index (Phi) is 5.49. The van der Waals surface area contributed by atoms with Gasteiger partial charge in [-0.2, -0.15) is 13.2 Å². The first-order valence-electron chi connectivity index (χ1n) is 9.12. The lowest BCUT2D eigenvalue weighted by Crippen LogP contribution is -2.17. The first-order valence-corrected chi connectivity index (χ1v) is 9.12. The summed E-state index contributed by atoms with van der Waals surface area (Å²) < 4.78 is 46.0. The van der Waals surface area contributed by atoms with Gasteiger partial charge in [-0.3, -0.25) is 4.79 Å². The molecule has 0 bridgehead atoms. The third kappa shape index (κ3) is 4.06. The molecule has 148 valence electrons. The van der Waals surface area contributed by atoms with E-state index in [1.165, 1.54) is 12.1 Å². The van der Waals surface area contributed by atoms with Crippen molar-refractivity contribution in [3.05, 3.63) is 70.9 Å². The largest absolute Gasteiger partial charge is 0.490 e. The summed E-state index contributed by atoms with van der Waals surface area (Å²) in [6.45, 7) is 3.28. The van der Waals surface area contributed by atoms with Crippen LogP contribution in [0.1, 0.15) is 37.0 Å². The fraction of sp³-hybridized carbons (Fsp3) is 0.318. The molecule has 2 N–H and O–H groups in total. The number of Topliss-reactive ketones (excluding diaryl/α,β-unsaturated/α-hetero) is 1. The lowest BCUT2D eigenvalue weighted by molar-refractivity contribution is -0.139. The molecule has 3 nitrogen and oxygen atoms in total. The van der Waals surface area contributed by atoms with Crippen LogP contribution >= 0.6 is 0 Å². The van der Waals surface area contributed by atoms with Gasteiger partial charge in [-0.25, -0.2) is 0 Å². The van der Waals surface area contributed by atoms with Crippen LogP contribution in [0.3, 0.4) is 0 Å². The maximum Gasteiger partial charge on any atom is 0.419 e. The molecule has 0 heterocycles. The molecule has 1 atom stereocenters. The van der Waals surface area contributed by atoms with Gasteiger partial charge in [0.25, 0.3) is 0 Å². The van der Waals surface area contributed by atoms with Gasteiger partial charge in [0.15, 0.2) is 5.78 Å². The molecule has 1 unspecified atom stereocenters. The molecule has 0 amide bonds. The SMILES string of the molecule is CC(C)Oc1c(C2=C(N)CC(Cc3ccccc3)C2=O)cccc1C(F)(F)F. The van der Waals surface area contributed by atoms with E-state index in [0.29, 0.717) is 18.5 Å². The Morgan fingerprint density at radius 3 is 2.39 bits per heavy atom. The molecule has 1 aliphatic rings. The fourth-order valence-corrected chi connectivity index (χ4v) is 3.51. The molecular weight excluding hydrogens is 367 g/mol. The number of ether oxygens (including phenoxy) is 1. The monoisotopic (exact) mass is 389 g/mol. The number of ketones is 1. The number of para-hydroxylation sites is 1. The standard InChI is InChI=1S/C22H22F3NO2/c1-13(2)28-21-16(9-6-10-17(21)22(23,24)25)19-18(26)12-15(20(19)27)11-14-7-4-3-5-8-14/h3-10,13,15H,11-12,26H2,1-2H3. The van der Waals surface area contributed by atoms with Gasteiger partial charge >= 0.3 is 6.18 Å². The van der Waals surface area contributed by atoms with Gasteiger partial charge in [-0.15, -0.1) is 0 Å². The molecule has 0 radical (unpaired) electrons. The van der Waals surface area contributed by atoms with Crippen molar-refractivity contribution in [2.24, 2.45) is 11.7 Å². The van der Waals surface area contributed by atoms with E-state index in [-0.39, 0.29) is 28.6 Å². The molecule has 2 aromatic carbocycles. The zero-order valence-electron chi connectivity index (χ0n) is 15.7. The summed E-state index contributed by atoms with van der Waals surface area (Å²) >= 11 is 0. The van der Waals surface area contributed by atoms with Gasteiger partial charge in [-0.1, -0.05) is 42.5 Å². The van der Waals surface area contributed by atoms with Gasteiger partial charge in [0.2, 0.25) is 0 Å². The van der Waals surface area contributed by atoms with Crippen LogP contribution in [0, 0.1) is 5.92 Å². The highest BCUT2D eigenvalue weighted by molar-refractivity contribution is 6.25. The van der Waals surface area contributed by atoms with Crippen molar-refractivity contribution in [2.75, 3.05) is 0 Å². The number of carbonyl (C=O) groups excluding carboxylic acids is 1. The molecule has 0 fully saturated rings. The number of hydrogen-bond acceptors (Lipinski definition) is 3. The average molecular weight is 389 g/mol. The van der Waals surface area contributed by atoms with E-state index in [2.05, 4.69) is 0 Å². The third-order valence-electron chi connectivity index (χ3n) is 4.67. The van der Waals surface area contributed by atoms with Crippen LogP contribution in [-0.4, -0.2) is 11.9 Å². The minimum atomic E-state index is -4.60. The number of rotatable bonds is 5. The van der Waals surface area contributed by atoms with Gasteiger partial charge < -0.3 is 10.5 Å². The van der Waals surface area contributed by atoms with Crippen LogP contribution in [0.2, 0.25) is 0 Å². The van der Waals surface area contributed by atoms with Crippen molar-refractivity contribution in [1.82, 2.24) is 0 Å². The predicted octanol–water partition coefficient (Wildman–Crippen LogP) is 4.99. The Morgan fingerprint density at radius 2 is 1.79 bits per heavy atom. The summed E-state index contributed by atoms with van der Waals surface area (Å²) in [4.78, 5) is 13.0. The summed E-state index contributed by atoms with van der Waals surface area (Å²) in [6.07, 6.45) is -4.27. The van der Waals surface area contributed by atoms with Crippen molar-refractivity contribution in [1.29, 1.82) is 0 Å². The van der Waals surface area contributed by atoms with Crippen LogP contribution in [0.15, 0.2) is 54.2 Å². The number of hydrogen-bond donors (Lipinski definition) is 1. The molecule has 0 spiro atoms. The van der Waals surface area contributed by atoms with E-state index < -0.39 is 17.8 Å². The molecule has 0 aromatic heterocycles. The quantitative estimate of drug-likeness (QED) is 0.783. The molecule has 2 aromatic rings. The Labute approximate surface area is 162 Å². The predicted molar refractivity (Wildman–Crippen MR) is 102 cm³/mol. The number of benzene rings is 2. The number of halogens is 3. The highest BCUT2D eigenvalue weighted by Crippen LogP contribution is 2.44. The molecule has 1 aliphatic carbocycles. The van der Waals surface area contributed by atoms with E-state index in [4.69, 9.17) is 10.5 Å². The van der Waals surface area contributed by atoms with Gasteiger partial charge in [0, 0.05) is 22.8 Å². The van der Waals surface area contributed by atoms with Crippen LogP contribution in [0.4, 0.5) is 13.2 Å². The van der Waals surface area contributed by atoms with E-state index >= 15 is 0 Å². The maximum atomic E-state index is 13.5. The zero-order valence-corrected chi connectivity index (χ0v) is 15.7. The van der Waals surface area contributed by atoms with Crippen LogP contribution < -0.4 is 10.5 Å². The van der Waals surface area contributed by atoms with E-state index in [1.807, 2.05) is 30.3 Å². The Bertz CT molecular complexity index is 902. The lowest BCUT2D eigenvalue weighted by atomic mass is 9.92. The normalized spacial score (nSPS) is 17.5. The van der Waals surface area contributed by atoms with Crippen molar-refractivity contribution in [3.63, 3.8) is 0 Å². The summed E-state index contributed by atoms with van der Waals surface area (Å²) in [5.41, 5.74) is 6.76. The molecule has 0 aliphatic heterocycles. The minimum absolute atomic E-state index is 0.113. The number of nitrogens with two attached hydrogens (primary N) is 1. The van der Waals surface area contributed by atoms with E-state index in [0.717, 1.165) is 11.6 Å². The van der Waals surface area contributed by atoms with Crippen LogP contribution in [0.25, 0.3) is 5.57 Å². The molecular formula is C22H22F3NO2. The second-order valence-electron chi connectivity index (χ2n) is 7.20. The first kappa shape index (κ1) is 20.0. The van der Waals surface area contributed by atoms with Gasteiger partial charge in [0.1, 0.15) is 5.75 Å². The second kappa shape index (κ2) is 7.70. The molecule has 28 heavy (non-hydrogen) atoms. The van der Waals surface area contributed by atoms with Gasteiger partial charge in [-0.05, 0) is 38.3 Å². The Morgan fingerprint density at radius 1 is 1.11 bits per heavy atom. The Balaban J connectivity index is 2.00. The van der Waals surface area contributed by atoms with Crippen molar-refractivity contribution >= 4 is 11.4 Å². The first-order chi connectivity index (χ1) is 13.2. The van der Waals surface area contributed by atoms with Crippen LogP contribution in [-0.2, 0) is 17.4 Å². The summed E-state index contributed by atoms with van der Waals surface area (Å²) in [7, 11) is 0. The topological polar surface area (TPSA) is 52.3 Å². The number of carbonyl (C=O) groups is 1. The molecule has 3 rings (SSSR count). The third-order valence-corrected chi connectivity index (χ3v) is 4.67. The minimum Gasteiger partial charge on any atom is -0.490 e. The van der Waals surface area contributed by atoms with Crippen molar-refractivity contribution in [2.45, 2.75) is 39.0 Å². The van der Waals surface area contributed by atoms with Crippen molar-refractivity contribution in [3.8, 4) is 5.75 Å². The second-order valence-corrected chi connectivity index (χ2v) is 7.20. The Hall–Kier alpha value is -2.76. The molecule has 0 saturated heterocycles.